The van der Waals surface area contributed by atoms with E-state index in [4.69, 9.17) is 9.47 Å². The van der Waals surface area contributed by atoms with Gasteiger partial charge in [0.05, 0.1) is 19.1 Å². The number of amides is 2. The van der Waals surface area contributed by atoms with Gasteiger partial charge in [0.1, 0.15) is 11.6 Å². The van der Waals surface area contributed by atoms with E-state index < -0.39 is 11.5 Å². The Hall–Kier alpha value is -2.15. The fourth-order valence-corrected chi connectivity index (χ4v) is 3.87. The second-order valence-corrected chi connectivity index (χ2v) is 6.04. The normalized spacial score (nSPS) is 28.9. The first kappa shape index (κ1) is 14.4. The third kappa shape index (κ3) is 2.18. The highest BCUT2D eigenvalue weighted by atomic mass is 19.1. The van der Waals surface area contributed by atoms with Gasteiger partial charge in [0.25, 0.3) is 5.91 Å². The van der Waals surface area contributed by atoms with Gasteiger partial charge >= 0.3 is 0 Å². The molecule has 2 atom stereocenters. The molecule has 0 aliphatic carbocycles. The molecule has 1 aromatic rings. The fourth-order valence-electron chi connectivity index (χ4n) is 3.87. The highest BCUT2D eigenvalue weighted by Gasteiger charge is 2.62. The van der Waals surface area contributed by atoms with Crippen LogP contribution in [-0.4, -0.2) is 59.7 Å². The van der Waals surface area contributed by atoms with Crippen molar-refractivity contribution >= 4 is 11.8 Å². The van der Waals surface area contributed by atoms with Crippen molar-refractivity contribution in [3.05, 3.63) is 30.1 Å². The topological polar surface area (TPSA) is 59.1 Å². The van der Waals surface area contributed by atoms with E-state index in [9.17, 15) is 14.0 Å². The lowest BCUT2D eigenvalue weighted by Gasteiger charge is -2.31. The van der Waals surface area contributed by atoms with Gasteiger partial charge in [-0.25, -0.2) is 4.39 Å². The average molecular weight is 320 g/mol. The van der Waals surface area contributed by atoms with Crippen molar-refractivity contribution in [2.45, 2.75) is 24.6 Å². The summed E-state index contributed by atoms with van der Waals surface area (Å²) >= 11 is 0. The van der Waals surface area contributed by atoms with Crippen molar-refractivity contribution < 1.29 is 23.5 Å². The quantitative estimate of drug-likeness (QED) is 0.825. The lowest BCUT2D eigenvalue weighted by molar-refractivity contribution is -0.140. The first-order chi connectivity index (χ1) is 11.1. The van der Waals surface area contributed by atoms with Gasteiger partial charge < -0.3 is 19.3 Å². The van der Waals surface area contributed by atoms with Gasteiger partial charge in [-0.05, 0) is 12.1 Å². The zero-order valence-corrected chi connectivity index (χ0v) is 12.5. The highest BCUT2D eigenvalue weighted by molar-refractivity contribution is 5.85. The molecule has 3 fully saturated rings. The van der Waals surface area contributed by atoms with Crippen LogP contribution in [0, 0.1) is 5.82 Å². The Bertz CT molecular complexity index is 667. The van der Waals surface area contributed by atoms with Crippen LogP contribution >= 0.6 is 0 Å². The maximum atomic E-state index is 13.1. The van der Waals surface area contributed by atoms with Crippen LogP contribution in [0.2, 0.25) is 0 Å². The Kier molecular flexibility index (Phi) is 3.26. The van der Waals surface area contributed by atoms with Crippen LogP contribution in [0.15, 0.2) is 24.3 Å². The largest absolute Gasteiger partial charge is 0.484 e. The molecule has 6 nitrogen and oxygen atoms in total. The smallest absolute Gasteiger partial charge is 0.260 e. The lowest BCUT2D eigenvalue weighted by Crippen LogP contribution is -2.49. The molecule has 1 aromatic carbocycles. The number of carbonyl (C=O) groups excluding carboxylic acids is 2. The number of ether oxygens (including phenoxy) is 2. The van der Waals surface area contributed by atoms with Crippen LogP contribution in [0.25, 0.3) is 0 Å². The molecule has 3 aliphatic heterocycles. The predicted octanol–water partition coefficient (Wildman–Crippen LogP) is 0.764. The maximum absolute atomic E-state index is 13.1. The molecular weight excluding hydrogens is 303 g/mol. The number of hydrogen-bond acceptors (Lipinski definition) is 4. The molecule has 3 saturated heterocycles. The molecule has 0 unspecified atom stereocenters. The first-order valence-corrected chi connectivity index (χ1v) is 7.72. The van der Waals surface area contributed by atoms with Crippen molar-refractivity contribution in [3.8, 4) is 5.75 Å². The monoisotopic (exact) mass is 320 g/mol. The number of likely N-dealkylation sites (tertiary alicyclic amines) is 1. The van der Waals surface area contributed by atoms with Crippen LogP contribution in [0.5, 0.6) is 5.75 Å². The summed E-state index contributed by atoms with van der Waals surface area (Å²) in [5, 5.41) is 0. The van der Waals surface area contributed by atoms with Gasteiger partial charge in [-0.3, -0.25) is 9.59 Å². The fraction of sp³-hybridized carbons (Fsp3) is 0.500. The third-order valence-corrected chi connectivity index (χ3v) is 4.88. The minimum atomic E-state index is -0.633. The van der Waals surface area contributed by atoms with Crippen LogP contribution in [0.1, 0.15) is 12.8 Å². The van der Waals surface area contributed by atoms with Gasteiger partial charge in [0.2, 0.25) is 5.91 Å². The summed E-state index contributed by atoms with van der Waals surface area (Å²) in [6, 6.07) is 5.43. The van der Waals surface area contributed by atoms with Crippen molar-refractivity contribution in [1.82, 2.24) is 9.80 Å². The van der Waals surface area contributed by atoms with Gasteiger partial charge in [0.15, 0.2) is 12.3 Å². The number of hydrogen-bond donors (Lipinski definition) is 0. The summed E-state index contributed by atoms with van der Waals surface area (Å²) in [6.45, 7) is 1.48. The lowest BCUT2D eigenvalue weighted by atomic mass is 10.1. The van der Waals surface area contributed by atoms with E-state index in [0.717, 1.165) is 0 Å². The number of halogens is 1. The molecule has 0 saturated carbocycles. The molecule has 0 aromatic heterocycles. The number of rotatable bonds is 3. The number of benzene rings is 1. The third-order valence-electron chi connectivity index (χ3n) is 4.88. The summed E-state index contributed by atoms with van der Waals surface area (Å²) in [4.78, 5) is 28.0. The van der Waals surface area contributed by atoms with E-state index in [-0.39, 0.29) is 24.5 Å². The summed E-state index contributed by atoms with van der Waals surface area (Å²) in [7, 11) is 0. The minimum Gasteiger partial charge on any atom is -0.484 e. The van der Waals surface area contributed by atoms with Gasteiger partial charge in [-0.1, -0.05) is 6.07 Å². The van der Waals surface area contributed by atoms with Gasteiger partial charge in [-0.15, -0.1) is 0 Å². The second-order valence-electron chi connectivity index (χ2n) is 6.04. The summed E-state index contributed by atoms with van der Waals surface area (Å²) in [5.41, 5.74) is -0.633. The van der Waals surface area contributed by atoms with E-state index >= 15 is 0 Å². The Morgan fingerprint density at radius 1 is 1.43 bits per heavy atom. The van der Waals surface area contributed by atoms with Crippen molar-refractivity contribution in [3.63, 3.8) is 0 Å². The van der Waals surface area contributed by atoms with E-state index in [0.29, 0.717) is 38.3 Å². The van der Waals surface area contributed by atoms with Gasteiger partial charge in [-0.2, -0.15) is 0 Å². The molecule has 122 valence electrons. The predicted molar refractivity (Wildman–Crippen MR) is 77.0 cm³/mol. The molecule has 3 heterocycles. The minimum absolute atomic E-state index is 0.0380. The standard InChI is InChI=1S/C16H17FN2O4/c17-11-2-1-3-12(8-11)22-10-15(21)18-5-4-16-13(18)9-14(20)19(16)6-7-23-16/h1-3,8,13H,4-7,9-10H2/t13-,16+/m1/s1. The van der Waals surface area contributed by atoms with Crippen LogP contribution < -0.4 is 4.74 Å². The Morgan fingerprint density at radius 3 is 3.13 bits per heavy atom. The Balaban J connectivity index is 1.45. The van der Waals surface area contributed by atoms with Crippen molar-refractivity contribution in [1.29, 1.82) is 0 Å². The molecule has 0 radical (unpaired) electrons. The van der Waals surface area contributed by atoms with Crippen LogP contribution in [0.4, 0.5) is 4.39 Å². The molecule has 3 aliphatic rings. The molecule has 0 bridgehead atoms. The molecule has 0 N–H and O–H groups in total. The van der Waals surface area contributed by atoms with Crippen molar-refractivity contribution in [2.75, 3.05) is 26.3 Å². The maximum Gasteiger partial charge on any atom is 0.260 e. The first-order valence-electron chi connectivity index (χ1n) is 7.72. The van der Waals surface area contributed by atoms with Crippen LogP contribution in [-0.2, 0) is 14.3 Å². The average Bonchev–Trinajstić information content (AvgIpc) is 3.16. The molecule has 2 amide bonds. The summed E-state index contributed by atoms with van der Waals surface area (Å²) in [6.07, 6.45) is 0.931. The summed E-state index contributed by atoms with van der Waals surface area (Å²) < 4.78 is 24.3. The van der Waals surface area contributed by atoms with Crippen molar-refractivity contribution in [2.24, 2.45) is 0 Å². The SMILES string of the molecule is O=C(COc1cccc(F)c1)N1CC[C@@]23OCCN2C(=O)C[C@@H]13. The molecular formula is C16H17FN2O4. The van der Waals surface area contributed by atoms with Crippen LogP contribution in [0.3, 0.4) is 0 Å². The molecule has 1 spiro atoms. The van der Waals surface area contributed by atoms with E-state index in [1.54, 1.807) is 15.9 Å². The van der Waals surface area contributed by atoms with E-state index in [2.05, 4.69) is 0 Å². The Labute approximate surface area is 132 Å². The zero-order chi connectivity index (χ0) is 16.0. The summed E-state index contributed by atoms with van der Waals surface area (Å²) in [5.74, 6) is -0.266. The van der Waals surface area contributed by atoms with Gasteiger partial charge in [0, 0.05) is 25.6 Å². The number of nitrogens with zero attached hydrogens (tertiary/aromatic N) is 2. The highest BCUT2D eigenvalue weighted by Crippen LogP contribution is 2.45. The zero-order valence-electron chi connectivity index (χ0n) is 12.5. The van der Waals surface area contributed by atoms with E-state index in [1.807, 2.05) is 0 Å². The second kappa shape index (κ2) is 5.19. The molecule has 7 heteroatoms. The Morgan fingerprint density at radius 2 is 2.30 bits per heavy atom. The molecule has 4 rings (SSSR count). The van der Waals surface area contributed by atoms with E-state index in [1.165, 1.54) is 18.2 Å². The molecule has 23 heavy (non-hydrogen) atoms. The number of carbonyl (C=O) groups is 2.